The second-order valence-corrected chi connectivity index (χ2v) is 8.24. The van der Waals surface area contributed by atoms with E-state index in [2.05, 4.69) is 33.8 Å². The highest BCUT2D eigenvalue weighted by Crippen LogP contribution is 2.47. The number of rotatable bonds is 2. The maximum absolute atomic E-state index is 13.1. The van der Waals surface area contributed by atoms with Gasteiger partial charge in [-0.1, -0.05) is 24.3 Å². The Labute approximate surface area is 180 Å². The second kappa shape index (κ2) is 7.65. The van der Waals surface area contributed by atoms with Gasteiger partial charge in [-0.05, 0) is 54.7 Å². The molecular formula is C24H24FN5O. The summed E-state index contributed by atoms with van der Waals surface area (Å²) in [6.45, 7) is 1.32. The Kier molecular flexibility index (Phi) is 4.81. The molecule has 0 unspecified atom stereocenters. The van der Waals surface area contributed by atoms with Crippen molar-refractivity contribution < 1.29 is 9.18 Å². The molecule has 1 aromatic heterocycles. The molecule has 2 amide bonds. The number of aromatic nitrogens is 2. The Morgan fingerprint density at radius 3 is 2.58 bits per heavy atom. The number of hydrogen-bond donors (Lipinski definition) is 2. The molecule has 3 aromatic rings. The van der Waals surface area contributed by atoms with Crippen LogP contribution in [0.3, 0.4) is 0 Å². The van der Waals surface area contributed by atoms with E-state index in [4.69, 9.17) is 4.98 Å². The summed E-state index contributed by atoms with van der Waals surface area (Å²) in [5.74, 6) is 0.303. The van der Waals surface area contributed by atoms with Gasteiger partial charge < -0.3 is 15.5 Å². The van der Waals surface area contributed by atoms with E-state index in [1.807, 2.05) is 24.2 Å². The van der Waals surface area contributed by atoms with Gasteiger partial charge in [0, 0.05) is 43.0 Å². The van der Waals surface area contributed by atoms with E-state index in [0.717, 1.165) is 36.1 Å². The van der Waals surface area contributed by atoms with E-state index >= 15 is 0 Å². The van der Waals surface area contributed by atoms with Crippen LogP contribution in [0.5, 0.6) is 0 Å². The summed E-state index contributed by atoms with van der Waals surface area (Å²) >= 11 is 0. The SMILES string of the molecule is CNc1ncc2c(n1)-c1ccccc1C1(CCN(C(=O)Nc3ccc(F)cc3)CC1)C2. The number of piperidine rings is 1. The number of anilines is 2. The fourth-order valence-electron chi connectivity index (χ4n) is 4.82. The van der Waals surface area contributed by atoms with Crippen LogP contribution in [0.25, 0.3) is 11.3 Å². The average Bonchev–Trinajstić information content (AvgIpc) is 2.81. The number of likely N-dealkylation sites (tertiary alicyclic amines) is 1. The van der Waals surface area contributed by atoms with E-state index in [9.17, 15) is 9.18 Å². The number of carbonyl (C=O) groups excluding carboxylic acids is 1. The fourth-order valence-corrected chi connectivity index (χ4v) is 4.82. The topological polar surface area (TPSA) is 70.2 Å². The average molecular weight is 417 g/mol. The van der Waals surface area contributed by atoms with E-state index in [0.29, 0.717) is 24.7 Å². The zero-order valence-electron chi connectivity index (χ0n) is 17.4. The van der Waals surface area contributed by atoms with Gasteiger partial charge in [0.15, 0.2) is 0 Å². The molecule has 7 heteroatoms. The first-order chi connectivity index (χ1) is 15.1. The van der Waals surface area contributed by atoms with Crippen molar-refractivity contribution in [2.24, 2.45) is 0 Å². The van der Waals surface area contributed by atoms with Gasteiger partial charge in [0.2, 0.25) is 5.95 Å². The minimum absolute atomic E-state index is 0.0270. The zero-order valence-corrected chi connectivity index (χ0v) is 17.4. The van der Waals surface area contributed by atoms with Crippen LogP contribution in [-0.2, 0) is 11.8 Å². The lowest BCUT2D eigenvalue weighted by Gasteiger charge is -2.45. The van der Waals surface area contributed by atoms with Gasteiger partial charge in [0.25, 0.3) is 0 Å². The van der Waals surface area contributed by atoms with Crippen molar-refractivity contribution in [1.29, 1.82) is 0 Å². The molecular weight excluding hydrogens is 393 g/mol. The normalized spacial score (nSPS) is 16.4. The Morgan fingerprint density at radius 1 is 1.10 bits per heavy atom. The molecule has 1 saturated heterocycles. The van der Waals surface area contributed by atoms with Crippen molar-refractivity contribution in [2.75, 3.05) is 30.8 Å². The highest BCUT2D eigenvalue weighted by molar-refractivity contribution is 5.89. The predicted octanol–water partition coefficient (Wildman–Crippen LogP) is 4.45. The van der Waals surface area contributed by atoms with Gasteiger partial charge >= 0.3 is 6.03 Å². The largest absolute Gasteiger partial charge is 0.357 e. The minimum Gasteiger partial charge on any atom is -0.357 e. The van der Waals surface area contributed by atoms with Crippen molar-refractivity contribution in [2.45, 2.75) is 24.7 Å². The lowest BCUT2D eigenvalue weighted by molar-refractivity contribution is 0.166. The second-order valence-electron chi connectivity index (χ2n) is 8.24. The third kappa shape index (κ3) is 3.50. The van der Waals surface area contributed by atoms with E-state index in [-0.39, 0.29) is 17.3 Å². The molecule has 1 fully saturated rings. The van der Waals surface area contributed by atoms with Gasteiger partial charge in [-0.25, -0.2) is 19.2 Å². The summed E-state index contributed by atoms with van der Waals surface area (Å²) in [6, 6.07) is 14.2. The minimum atomic E-state index is -0.319. The van der Waals surface area contributed by atoms with Crippen LogP contribution in [0.1, 0.15) is 24.0 Å². The highest BCUT2D eigenvalue weighted by atomic mass is 19.1. The number of amides is 2. The summed E-state index contributed by atoms with van der Waals surface area (Å²) in [6.07, 6.45) is 4.54. The first kappa shape index (κ1) is 19.5. The molecule has 2 aromatic carbocycles. The van der Waals surface area contributed by atoms with Gasteiger partial charge in [-0.15, -0.1) is 0 Å². The van der Waals surface area contributed by atoms with Gasteiger partial charge in [0.05, 0.1) is 5.69 Å². The van der Waals surface area contributed by atoms with Crippen molar-refractivity contribution in [3.63, 3.8) is 0 Å². The number of hydrogen-bond acceptors (Lipinski definition) is 4. The van der Waals surface area contributed by atoms with Crippen LogP contribution in [-0.4, -0.2) is 41.0 Å². The number of urea groups is 1. The number of nitrogens with one attached hydrogen (secondary N) is 2. The number of nitrogens with zero attached hydrogens (tertiary/aromatic N) is 3. The van der Waals surface area contributed by atoms with Crippen LogP contribution in [0.4, 0.5) is 20.8 Å². The summed E-state index contributed by atoms with van der Waals surface area (Å²) < 4.78 is 13.1. The Morgan fingerprint density at radius 2 is 1.84 bits per heavy atom. The number of halogens is 1. The first-order valence-electron chi connectivity index (χ1n) is 10.5. The molecule has 0 saturated carbocycles. The molecule has 0 radical (unpaired) electrons. The lowest BCUT2D eigenvalue weighted by Crippen LogP contribution is -2.48. The molecule has 1 aliphatic heterocycles. The highest BCUT2D eigenvalue weighted by Gasteiger charge is 2.42. The summed E-state index contributed by atoms with van der Waals surface area (Å²) in [4.78, 5) is 23.7. The van der Waals surface area contributed by atoms with Crippen LogP contribution in [0.15, 0.2) is 54.7 Å². The maximum atomic E-state index is 13.1. The predicted molar refractivity (Wildman–Crippen MR) is 119 cm³/mol. The van der Waals surface area contributed by atoms with Crippen LogP contribution < -0.4 is 10.6 Å². The monoisotopic (exact) mass is 417 g/mol. The van der Waals surface area contributed by atoms with Gasteiger partial charge in [-0.3, -0.25) is 0 Å². The van der Waals surface area contributed by atoms with E-state index in [1.165, 1.54) is 17.7 Å². The fraction of sp³-hybridized carbons (Fsp3) is 0.292. The molecule has 2 N–H and O–H groups in total. The smallest absolute Gasteiger partial charge is 0.321 e. The molecule has 1 aliphatic carbocycles. The summed E-state index contributed by atoms with van der Waals surface area (Å²) in [5.41, 5.74) is 5.19. The van der Waals surface area contributed by atoms with Crippen LogP contribution >= 0.6 is 0 Å². The van der Waals surface area contributed by atoms with Crippen LogP contribution in [0, 0.1) is 5.82 Å². The first-order valence-corrected chi connectivity index (χ1v) is 10.5. The standard InChI is InChI=1S/C24H24FN5O/c1-26-22-27-15-16-14-24(20-5-3-2-4-19(20)21(16)29-22)10-12-30(13-11-24)23(31)28-18-8-6-17(25)7-9-18/h2-9,15H,10-14H2,1H3,(H,28,31)(H,26,27,29). The van der Waals surface area contributed by atoms with Crippen molar-refractivity contribution in [3.05, 3.63) is 71.7 Å². The molecule has 0 atom stereocenters. The molecule has 6 nitrogen and oxygen atoms in total. The van der Waals surface area contributed by atoms with Crippen molar-refractivity contribution >= 4 is 17.7 Å². The molecule has 2 aliphatic rings. The van der Waals surface area contributed by atoms with Crippen molar-refractivity contribution in [1.82, 2.24) is 14.9 Å². The molecule has 1 spiro atoms. The molecule has 31 heavy (non-hydrogen) atoms. The van der Waals surface area contributed by atoms with Gasteiger partial charge in [-0.2, -0.15) is 0 Å². The van der Waals surface area contributed by atoms with E-state index < -0.39 is 0 Å². The summed E-state index contributed by atoms with van der Waals surface area (Å²) in [5, 5.41) is 5.90. The number of benzene rings is 2. The Bertz CT molecular complexity index is 1120. The van der Waals surface area contributed by atoms with E-state index in [1.54, 1.807) is 12.1 Å². The zero-order chi connectivity index (χ0) is 21.4. The summed E-state index contributed by atoms with van der Waals surface area (Å²) in [7, 11) is 1.82. The molecule has 2 heterocycles. The Hall–Kier alpha value is -3.48. The lowest BCUT2D eigenvalue weighted by atomic mass is 9.64. The molecule has 158 valence electrons. The third-order valence-electron chi connectivity index (χ3n) is 6.47. The molecule has 0 bridgehead atoms. The van der Waals surface area contributed by atoms with Crippen molar-refractivity contribution in [3.8, 4) is 11.3 Å². The maximum Gasteiger partial charge on any atom is 0.321 e. The van der Waals surface area contributed by atoms with Gasteiger partial charge in [0.1, 0.15) is 5.82 Å². The molecule has 5 rings (SSSR count). The quantitative estimate of drug-likeness (QED) is 0.647. The van der Waals surface area contributed by atoms with Crippen LogP contribution in [0.2, 0.25) is 0 Å². The number of fused-ring (bicyclic) bond motifs is 4. The number of carbonyl (C=O) groups is 1. The Balaban J connectivity index is 1.37. The third-order valence-corrected chi connectivity index (χ3v) is 6.47.